The standard InChI is InChI=1S/C28H26ClN3O3S.ClH/c1-18-16-19(29)17-24-26(18)30-28(36-24)32(11-10-31-12-14-34-15-13-31)27(33)25-20-6-2-4-8-22(20)35-23-9-5-3-7-21(23)25;/h2-9,16-17,25H,10-15H2,1H3;1H. The van der Waals surface area contributed by atoms with Crippen molar-refractivity contribution < 1.29 is 14.3 Å². The molecule has 0 saturated carbocycles. The minimum absolute atomic E-state index is 0. The topological polar surface area (TPSA) is 54.9 Å². The zero-order chi connectivity index (χ0) is 24.6. The number of ether oxygens (including phenoxy) is 2. The van der Waals surface area contributed by atoms with Crippen molar-refractivity contribution in [1.29, 1.82) is 0 Å². The molecule has 192 valence electrons. The van der Waals surface area contributed by atoms with Crippen LogP contribution in [0.1, 0.15) is 22.6 Å². The van der Waals surface area contributed by atoms with Crippen LogP contribution in [-0.2, 0) is 9.53 Å². The summed E-state index contributed by atoms with van der Waals surface area (Å²) >= 11 is 7.85. The van der Waals surface area contributed by atoms with E-state index < -0.39 is 5.92 Å². The van der Waals surface area contributed by atoms with Crippen LogP contribution in [0.25, 0.3) is 10.2 Å². The summed E-state index contributed by atoms with van der Waals surface area (Å²) in [5, 5.41) is 1.36. The summed E-state index contributed by atoms with van der Waals surface area (Å²) in [5.41, 5.74) is 3.63. The number of carbonyl (C=O) groups excluding carboxylic acids is 1. The Morgan fingerprint density at radius 3 is 2.41 bits per heavy atom. The number of hydrogen-bond acceptors (Lipinski definition) is 6. The molecule has 0 bridgehead atoms. The van der Waals surface area contributed by atoms with Gasteiger partial charge in [0.1, 0.15) is 11.5 Å². The predicted molar refractivity (Wildman–Crippen MR) is 151 cm³/mol. The summed E-state index contributed by atoms with van der Waals surface area (Å²) < 4.78 is 12.7. The molecule has 0 spiro atoms. The number of aryl methyl sites for hydroxylation is 1. The maximum atomic E-state index is 14.5. The Labute approximate surface area is 231 Å². The molecular weight excluding hydrogens is 529 g/mol. The van der Waals surface area contributed by atoms with E-state index in [0.717, 1.165) is 58.0 Å². The van der Waals surface area contributed by atoms with Crippen LogP contribution in [0.2, 0.25) is 5.02 Å². The van der Waals surface area contributed by atoms with Gasteiger partial charge >= 0.3 is 0 Å². The molecule has 0 N–H and O–H groups in total. The Hall–Kier alpha value is -2.68. The van der Waals surface area contributed by atoms with Gasteiger partial charge in [0, 0.05) is 42.3 Å². The quantitative estimate of drug-likeness (QED) is 0.290. The lowest BCUT2D eigenvalue weighted by molar-refractivity contribution is -0.119. The highest BCUT2D eigenvalue weighted by Gasteiger charge is 2.36. The second-order valence-corrected chi connectivity index (χ2v) is 10.6. The van der Waals surface area contributed by atoms with Gasteiger partial charge in [0.25, 0.3) is 0 Å². The fourth-order valence-corrected chi connectivity index (χ4v) is 6.41. The van der Waals surface area contributed by atoms with E-state index in [1.54, 1.807) is 0 Å². The molecule has 6 rings (SSSR count). The van der Waals surface area contributed by atoms with E-state index in [2.05, 4.69) is 4.90 Å². The van der Waals surface area contributed by atoms with Crippen molar-refractivity contribution in [2.24, 2.45) is 0 Å². The number of halogens is 2. The molecule has 1 amide bonds. The van der Waals surface area contributed by atoms with Crippen LogP contribution in [0.15, 0.2) is 60.7 Å². The minimum atomic E-state index is -0.479. The second-order valence-electron chi connectivity index (χ2n) is 9.12. The van der Waals surface area contributed by atoms with Crippen molar-refractivity contribution in [1.82, 2.24) is 9.88 Å². The van der Waals surface area contributed by atoms with E-state index in [0.29, 0.717) is 29.9 Å². The summed E-state index contributed by atoms with van der Waals surface area (Å²) in [4.78, 5) is 23.6. The number of thiazole rings is 1. The van der Waals surface area contributed by atoms with Crippen LogP contribution in [0.4, 0.5) is 5.13 Å². The average Bonchev–Trinajstić information content (AvgIpc) is 3.32. The maximum absolute atomic E-state index is 14.5. The monoisotopic (exact) mass is 555 g/mol. The molecule has 37 heavy (non-hydrogen) atoms. The van der Waals surface area contributed by atoms with Gasteiger partial charge in [-0.25, -0.2) is 4.98 Å². The second kappa shape index (κ2) is 11.0. The third-order valence-electron chi connectivity index (χ3n) is 6.81. The number of amides is 1. The number of anilines is 1. The van der Waals surface area contributed by atoms with Crippen LogP contribution < -0.4 is 9.64 Å². The number of carbonyl (C=O) groups is 1. The number of benzene rings is 3. The molecule has 2 aliphatic heterocycles. The number of morpholine rings is 1. The van der Waals surface area contributed by atoms with Gasteiger partial charge in [0.15, 0.2) is 5.13 Å². The Bertz CT molecular complexity index is 1390. The summed E-state index contributed by atoms with van der Waals surface area (Å²) in [6, 6.07) is 19.4. The van der Waals surface area contributed by atoms with E-state index in [-0.39, 0.29) is 18.3 Å². The zero-order valence-electron chi connectivity index (χ0n) is 20.4. The number of nitrogens with zero attached hydrogens (tertiary/aromatic N) is 3. The van der Waals surface area contributed by atoms with Crippen molar-refractivity contribution in [3.05, 3.63) is 82.4 Å². The van der Waals surface area contributed by atoms with Crippen LogP contribution in [0.5, 0.6) is 11.5 Å². The number of fused-ring (bicyclic) bond motifs is 3. The van der Waals surface area contributed by atoms with Gasteiger partial charge in [0.05, 0.1) is 29.3 Å². The van der Waals surface area contributed by atoms with Crippen molar-refractivity contribution in [2.45, 2.75) is 12.8 Å². The van der Waals surface area contributed by atoms with Crippen molar-refractivity contribution in [3.63, 3.8) is 0 Å². The van der Waals surface area contributed by atoms with Crippen LogP contribution in [0, 0.1) is 6.92 Å². The lowest BCUT2D eigenvalue weighted by Gasteiger charge is -2.33. The van der Waals surface area contributed by atoms with Crippen molar-refractivity contribution in [3.8, 4) is 11.5 Å². The predicted octanol–water partition coefficient (Wildman–Crippen LogP) is 6.28. The largest absolute Gasteiger partial charge is 0.457 e. The maximum Gasteiger partial charge on any atom is 0.241 e. The Balaban J connectivity index is 0.00000280. The lowest BCUT2D eigenvalue weighted by Crippen LogP contribution is -2.44. The first-order valence-corrected chi connectivity index (χ1v) is 13.3. The lowest BCUT2D eigenvalue weighted by atomic mass is 9.87. The van der Waals surface area contributed by atoms with E-state index in [1.807, 2.05) is 72.5 Å². The van der Waals surface area contributed by atoms with E-state index >= 15 is 0 Å². The first-order valence-electron chi connectivity index (χ1n) is 12.1. The molecule has 0 aliphatic carbocycles. The van der Waals surface area contributed by atoms with Crippen molar-refractivity contribution in [2.75, 3.05) is 44.3 Å². The van der Waals surface area contributed by atoms with Gasteiger partial charge in [0.2, 0.25) is 5.91 Å². The first kappa shape index (κ1) is 25.9. The summed E-state index contributed by atoms with van der Waals surface area (Å²) in [7, 11) is 0. The third kappa shape index (κ3) is 5.07. The van der Waals surface area contributed by atoms with E-state index in [1.165, 1.54) is 11.3 Å². The highest BCUT2D eigenvalue weighted by molar-refractivity contribution is 7.22. The molecular formula is C28H27Cl2N3O3S. The van der Waals surface area contributed by atoms with Gasteiger partial charge in [-0.05, 0) is 36.8 Å². The SMILES string of the molecule is Cc1cc(Cl)cc2sc(N(CCN3CCOCC3)C(=O)C3c4ccccc4Oc4ccccc43)nc12.Cl. The number of rotatable bonds is 5. The average molecular weight is 557 g/mol. The zero-order valence-corrected chi connectivity index (χ0v) is 22.7. The third-order valence-corrected chi connectivity index (χ3v) is 8.05. The Morgan fingerprint density at radius 2 is 1.73 bits per heavy atom. The van der Waals surface area contributed by atoms with E-state index in [4.69, 9.17) is 26.1 Å². The molecule has 6 nitrogen and oxygen atoms in total. The Kier molecular flexibility index (Phi) is 7.70. The number of aromatic nitrogens is 1. The molecule has 1 fully saturated rings. The number of para-hydroxylation sites is 2. The van der Waals surface area contributed by atoms with Crippen LogP contribution in [-0.4, -0.2) is 55.2 Å². The summed E-state index contributed by atoms with van der Waals surface area (Å²) in [6.07, 6.45) is 0. The molecule has 0 unspecified atom stereocenters. The summed E-state index contributed by atoms with van der Waals surface area (Å²) in [6.45, 7) is 6.44. The van der Waals surface area contributed by atoms with E-state index in [9.17, 15) is 4.79 Å². The summed E-state index contributed by atoms with van der Waals surface area (Å²) in [5.74, 6) is 0.950. The fraction of sp³-hybridized carbons (Fsp3) is 0.286. The van der Waals surface area contributed by atoms with Gasteiger partial charge in [-0.2, -0.15) is 0 Å². The molecule has 1 saturated heterocycles. The number of hydrogen-bond donors (Lipinski definition) is 0. The molecule has 0 atom stereocenters. The smallest absolute Gasteiger partial charge is 0.241 e. The minimum Gasteiger partial charge on any atom is -0.457 e. The molecule has 3 heterocycles. The fourth-order valence-electron chi connectivity index (χ4n) is 4.96. The molecule has 4 aromatic rings. The first-order chi connectivity index (χ1) is 17.6. The molecule has 2 aliphatic rings. The van der Waals surface area contributed by atoms with Crippen molar-refractivity contribution >= 4 is 56.6 Å². The van der Waals surface area contributed by atoms with Gasteiger partial charge in [-0.15, -0.1) is 12.4 Å². The van der Waals surface area contributed by atoms with Gasteiger partial charge in [-0.3, -0.25) is 14.6 Å². The van der Waals surface area contributed by atoms with Gasteiger partial charge in [-0.1, -0.05) is 59.3 Å². The molecule has 1 aromatic heterocycles. The molecule has 3 aromatic carbocycles. The highest BCUT2D eigenvalue weighted by atomic mass is 35.5. The molecule has 9 heteroatoms. The van der Waals surface area contributed by atoms with Crippen LogP contribution in [0.3, 0.4) is 0 Å². The van der Waals surface area contributed by atoms with Gasteiger partial charge < -0.3 is 9.47 Å². The molecule has 0 radical (unpaired) electrons. The van der Waals surface area contributed by atoms with Crippen LogP contribution >= 0.6 is 35.3 Å². The Morgan fingerprint density at radius 1 is 1.08 bits per heavy atom. The highest BCUT2D eigenvalue weighted by Crippen LogP contribution is 2.45. The normalized spacial score (nSPS) is 15.4.